The van der Waals surface area contributed by atoms with E-state index in [2.05, 4.69) is 10.3 Å². The van der Waals surface area contributed by atoms with E-state index >= 15 is 0 Å². The lowest BCUT2D eigenvalue weighted by Gasteiger charge is -2.07. The first-order valence-corrected chi connectivity index (χ1v) is 10.9. The molecule has 4 aromatic rings. The summed E-state index contributed by atoms with van der Waals surface area (Å²) in [5.41, 5.74) is 13.6. The number of aromatic nitrogens is 2. The minimum absolute atomic E-state index is 0.0217. The molecule has 0 spiro atoms. The summed E-state index contributed by atoms with van der Waals surface area (Å²) < 4.78 is 12.4. The third-order valence-corrected chi connectivity index (χ3v) is 4.93. The first kappa shape index (κ1) is 24.0. The normalized spacial score (nSPS) is 11.1. The summed E-state index contributed by atoms with van der Waals surface area (Å²) in [6, 6.07) is 25.6. The summed E-state index contributed by atoms with van der Waals surface area (Å²) in [5, 5.41) is 7.80. The fourth-order valence-corrected chi connectivity index (χ4v) is 3.12. The van der Waals surface area contributed by atoms with Crippen molar-refractivity contribution in [1.29, 1.82) is 0 Å². The first-order valence-electron chi connectivity index (χ1n) is 10.9. The lowest BCUT2D eigenvalue weighted by atomic mass is 10.1. The van der Waals surface area contributed by atoms with Crippen LogP contribution in [0.15, 0.2) is 96.3 Å². The van der Waals surface area contributed by atoms with E-state index in [0.717, 1.165) is 11.1 Å². The van der Waals surface area contributed by atoms with Crippen molar-refractivity contribution < 1.29 is 23.9 Å². The van der Waals surface area contributed by atoms with E-state index in [1.807, 2.05) is 54.6 Å². The fraction of sp³-hybridized carbons (Fsp3) is 0.0769. The molecule has 10 heteroatoms. The number of ether oxygens (including phenoxy) is 2. The van der Waals surface area contributed by atoms with Crippen molar-refractivity contribution in [2.75, 3.05) is 6.61 Å². The number of oxime groups is 1. The van der Waals surface area contributed by atoms with Gasteiger partial charge in [-0.1, -0.05) is 47.6 Å². The van der Waals surface area contributed by atoms with Crippen molar-refractivity contribution in [2.45, 2.75) is 6.73 Å². The summed E-state index contributed by atoms with van der Waals surface area (Å²) in [5.74, 6) is -0.282. The Kier molecular flexibility index (Phi) is 7.57. The molecule has 182 valence electrons. The number of amidine groups is 1. The number of rotatable bonds is 10. The maximum absolute atomic E-state index is 12.3. The van der Waals surface area contributed by atoms with Gasteiger partial charge in [-0.2, -0.15) is 5.10 Å². The third-order valence-electron chi connectivity index (χ3n) is 4.93. The lowest BCUT2D eigenvalue weighted by Crippen LogP contribution is -2.20. The minimum Gasteiger partial charge on any atom is -0.484 e. The quantitative estimate of drug-likeness (QED) is 0.152. The predicted octanol–water partition coefficient (Wildman–Crippen LogP) is 2.93. The standard InChI is InChI=1S/C26H23N5O5/c27-24(32)16-34-21-12-8-20(9-13-21)25(28)30-36-26(33)23-14-15-31(29-23)17-35-22-10-6-19(7-11-22)18-4-2-1-3-5-18/h1-15H,16-17H2,(H2,27,32)(H2,28,30). The topological polar surface area (TPSA) is 144 Å². The van der Waals surface area contributed by atoms with E-state index < -0.39 is 11.9 Å². The SMILES string of the molecule is NC(=O)COc1ccc(/C(N)=N/OC(=O)c2ccn(COc3ccc(-c4ccccc4)cc3)n2)cc1. The van der Waals surface area contributed by atoms with Gasteiger partial charge in [-0.3, -0.25) is 4.79 Å². The van der Waals surface area contributed by atoms with E-state index in [1.165, 1.54) is 10.7 Å². The van der Waals surface area contributed by atoms with Gasteiger partial charge in [0.15, 0.2) is 24.9 Å². The Balaban J connectivity index is 1.28. The average Bonchev–Trinajstić information content (AvgIpc) is 3.39. The molecule has 0 radical (unpaired) electrons. The second-order valence-corrected chi connectivity index (χ2v) is 7.54. The highest BCUT2D eigenvalue weighted by atomic mass is 16.7. The van der Waals surface area contributed by atoms with Gasteiger partial charge in [0.25, 0.3) is 5.91 Å². The third kappa shape index (κ3) is 6.48. The second-order valence-electron chi connectivity index (χ2n) is 7.54. The highest BCUT2D eigenvalue weighted by Crippen LogP contribution is 2.22. The number of hydrogen-bond donors (Lipinski definition) is 2. The average molecular weight is 486 g/mol. The summed E-state index contributed by atoms with van der Waals surface area (Å²) >= 11 is 0. The minimum atomic E-state index is -0.773. The second kappa shape index (κ2) is 11.3. The van der Waals surface area contributed by atoms with E-state index in [-0.39, 0.29) is 24.9 Å². The van der Waals surface area contributed by atoms with Crippen LogP contribution >= 0.6 is 0 Å². The van der Waals surface area contributed by atoms with Crippen LogP contribution in [0.3, 0.4) is 0 Å². The molecule has 1 amide bonds. The highest BCUT2D eigenvalue weighted by molar-refractivity contribution is 5.98. The van der Waals surface area contributed by atoms with Gasteiger partial charge in [-0.15, -0.1) is 0 Å². The molecule has 0 saturated heterocycles. The molecule has 0 atom stereocenters. The number of carbonyl (C=O) groups is 2. The molecule has 0 aliphatic heterocycles. The molecule has 3 aromatic carbocycles. The Morgan fingerprint density at radius 3 is 2.14 bits per heavy atom. The van der Waals surface area contributed by atoms with Crippen molar-refractivity contribution in [2.24, 2.45) is 16.6 Å². The Morgan fingerprint density at radius 1 is 0.806 bits per heavy atom. The van der Waals surface area contributed by atoms with E-state index in [4.69, 9.17) is 25.8 Å². The molecule has 4 N–H and O–H groups in total. The van der Waals surface area contributed by atoms with Gasteiger partial charge in [-0.05, 0) is 53.6 Å². The lowest BCUT2D eigenvalue weighted by molar-refractivity contribution is -0.119. The Bertz CT molecular complexity index is 1350. The molecule has 0 aliphatic rings. The zero-order valence-corrected chi connectivity index (χ0v) is 19.1. The van der Waals surface area contributed by atoms with Gasteiger partial charge in [0, 0.05) is 11.8 Å². The summed E-state index contributed by atoms with van der Waals surface area (Å²) in [6.45, 7) is -0.133. The molecule has 0 fully saturated rings. The van der Waals surface area contributed by atoms with Crippen LogP contribution in [0, 0.1) is 0 Å². The van der Waals surface area contributed by atoms with Gasteiger partial charge in [-0.25, -0.2) is 9.48 Å². The van der Waals surface area contributed by atoms with Crippen molar-refractivity contribution in [3.05, 3.63) is 102 Å². The zero-order valence-electron chi connectivity index (χ0n) is 19.1. The van der Waals surface area contributed by atoms with Crippen molar-refractivity contribution in [1.82, 2.24) is 9.78 Å². The number of hydrogen-bond acceptors (Lipinski definition) is 7. The largest absolute Gasteiger partial charge is 0.484 e. The Labute approximate surface area is 206 Å². The zero-order chi connectivity index (χ0) is 25.3. The molecule has 10 nitrogen and oxygen atoms in total. The van der Waals surface area contributed by atoms with Gasteiger partial charge >= 0.3 is 5.97 Å². The number of benzene rings is 3. The molecular weight excluding hydrogens is 462 g/mol. The van der Waals surface area contributed by atoms with Crippen molar-refractivity contribution in [3.8, 4) is 22.6 Å². The number of amides is 1. The predicted molar refractivity (Wildman–Crippen MR) is 132 cm³/mol. The van der Waals surface area contributed by atoms with Crippen molar-refractivity contribution in [3.63, 3.8) is 0 Å². The van der Waals surface area contributed by atoms with Crippen LogP contribution in [0.5, 0.6) is 11.5 Å². The summed E-state index contributed by atoms with van der Waals surface area (Å²) in [6.07, 6.45) is 1.59. The smallest absolute Gasteiger partial charge is 0.385 e. The molecule has 0 aliphatic carbocycles. The number of nitrogens with two attached hydrogens (primary N) is 2. The van der Waals surface area contributed by atoms with E-state index in [0.29, 0.717) is 17.1 Å². The molecular formula is C26H23N5O5. The maximum Gasteiger partial charge on any atom is 0.385 e. The van der Waals surface area contributed by atoms with Gasteiger partial charge in [0.1, 0.15) is 11.5 Å². The molecule has 1 aromatic heterocycles. The van der Waals surface area contributed by atoms with Crippen LogP contribution in [-0.2, 0) is 16.4 Å². The van der Waals surface area contributed by atoms with E-state index in [9.17, 15) is 9.59 Å². The van der Waals surface area contributed by atoms with Gasteiger partial charge < -0.3 is 25.8 Å². The molecule has 1 heterocycles. The van der Waals surface area contributed by atoms with Crippen LogP contribution in [-0.4, -0.2) is 34.1 Å². The van der Waals surface area contributed by atoms with Crippen LogP contribution in [0.4, 0.5) is 0 Å². The van der Waals surface area contributed by atoms with Crippen LogP contribution in [0.25, 0.3) is 11.1 Å². The Morgan fingerprint density at radius 2 is 1.44 bits per heavy atom. The van der Waals surface area contributed by atoms with Crippen LogP contribution < -0.4 is 20.9 Å². The van der Waals surface area contributed by atoms with Crippen LogP contribution in [0.1, 0.15) is 16.1 Å². The maximum atomic E-state index is 12.3. The summed E-state index contributed by atoms with van der Waals surface area (Å²) in [4.78, 5) is 27.9. The van der Waals surface area contributed by atoms with Gasteiger partial charge in [0.2, 0.25) is 0 Å². The molecule has 4 rings (SSSR count). The molecule has 36 heavy (non-hydrogen) atoms. The Hall–Kier alpha value is -5.12. The molecule has 0 unspecified atom stereocenters. The highest BCUT2D eigenvalue weighted by Gasteiger charge is 2.12. The number of primary amides is 1. The van der Waals surface area contributed by atoms with Gasteiger partial charge in [0.05, 0.1) is 0 Å². The summed E-state index contributed by atoms with van der Waals surface area (Å²) in [7, 11) is 0. The fourth-order valence-electron chi connectivity index (χ4n) is 3.12. The van der Waals surface area contributed by atoms with Crippen LogP contribution in [0.2, 0.25) is 0 Å². The monoisotopic (exact) mass is 485 g/mol. The van der Waals surface area contributed by atoms with E-state index in [1.54, 1.807) is 30.5 Å². The molecule has 0 saturated carbocycles. The van der Waals surface area contributed by atoms with Crippen molar-refractivity contribution >= 4 is 17.7 Å². The molecule has 0 bridgehead atoms. The number of nitrogens with zero attached hydrogens (tertiary/aromatic N) is 3. The first-order chi connectivity index (χ1) is 17.5. The number of carbonyl (C=O) groups excluding carboxylic acids is 2.